The molecule has 2 unspecified atom stereocenters. The molecule has 18 heavy (non-hydrogen) atoms. The first-order chi connectivity index (χ1) is 8.56. The molecule has 0 aliphatic heterocycles. The van der Waals surface area contributed by atoms with Gasteiger partial charge in [-0.15, -0.1) is 0 Å². The summed E-state index contributed by atoms with van der Waals surface area (Å²) in [6.07, 6.45) is 2.16. The highest BCUT2D eigenvalue weighted by molar-refractivity contribution is 7.99. The largest absolute Gasteiger partial charge is 0.339 e. The highest BCUT2D eigenvalue weighted by Gasteiger charge is 2.19. The second-order valence-electron chi connectivity index (χ2n) is 5.14. The Balaban J connectivity index is 2.55. The lowest BCUT2D eigenvalue weighted by Gasteiger charge is -2.11. The minimum absolute atomic E-state index is 0.194. The quantitative estimate of drug-likeness (QED) is 0.786. The van der Waals surface area contributed by atoms with Crippen LogP contribution >= 0.6 is 11.8 Å². The van der Waals surface area contributed by atoms with E-state index in [0.29, 0.717) is 23.6 Å². The van der Waals surface area contributed by atoms with Crippen LogP contribution in [0.3, 0.4) is 0 Å². The third-order valence-electron chi connectivity index (χ3n) is 2.95. The molecule has 4 nitrogen and oxygen atoms in total. The van der Waals surface area contributed by atoms with Gasteiger partial charge in [-0.3, -0.25) is 0 Å². The van der Waals surface area contributed by atoms with E-state index in [-0.39, 0.29) is 5.92 Å². The zero-order valence-corrected chi connectivity index (χ0v) is 12.7. The molecular weight excluding hydrogens is 246 g/mol. The highest BCUT2D eigenvalue weighted by atomic mass is 32.2. The van der Waals surface area contributed by atoms with Crippen LogP contribution in [0.15, 0.2) is 4.52 Å². The number of hydrogen-bond acceptors (Lipinski definition) is 5. The smallest absolute Gasteiger partial charge is 0.231 e. The van der Waals surface area contributed by atoms with Crippen LogP contribution in [0.2, 0.25) is 0 Å². The van der Waals surface area contributed by atoms with E-state index < -0.39 is 0 Å². The summed E-state index contributed by atoms with van der Waals surface area (Å²) >= 11 is 1.86. The van der Waals surface area contributed by atoms with Crippen LogP contribution in [-0.2, 0) is 5.75 Å². The van der Waals surface area contributed by atoms with Crippen LogP contribution in [0.1, 0.15) is 58.2 Å². The molecule has 0 spiro atoms. The van der Waals surface area contributed by atoms with Crippen LogP contribution in [0, 0.1) is 5.92 Å². The van der Waals surface area contributed by atoms with E-state index in [1.165, 1.54) is 0 Å². The van der Waals surface area contributed by atoms with Gasteiger partial charge in [0, 0.05) is 11.8 Å². The van der Waals surface area contributed by atoms with Gasteiger partial charge in [0.2, 0.25) is 5.89 Å². The fourth-order valence-corrected chi connectivity index (χ4v) is 2.48. The molecule has 0 aliphatic rings. The van der Waals surface area contributed by atoms with E-state index in [2.05, 4.69) is 37.8 Å². The molecule has 1 rings (SSSR count). The van der Waals surface area contributed by atoms with Crippen molar-refractivity contribution in [3.8, 4) is 0 Å². The van der Waals surface area contributed by atoms with Crippen LogP contribution in [0.5, 0.6) is 0 Å². The standard InChI is InChI=1S/C13H25N3OS/c1-5-10(4)18-8-12-15-13(17-16-12)11(7-14)6-9(2)3/h9-11H,5-8,14H2,1-4H3. The minimum Gasteiger partial charge on any atom is -0.339 e. The van der Waals surface area contributed by atoms with E-state index in [4.69, 9.17) is 10.3 Å². The Hall–Kier alpha value is -0.550. The van der Waals surface area contributed by atoms with Gasteiger partial charge >= 0.3 is 0 Å². The van der Waals surface area contributed by atoms with E-state index in [1.54, 1.807) is 0 Å². The second-order valence-corrected chi connectivity index (χ2v) is 6.57. The summed E-state index contributed by atoms with van der Waals surface area (Å²) in [5, 5.41) is 4.67. The summed E-state index contributed by atoms with van der Waals surface area (Å²) in [5.41, 5.74) is 5.77. The SMILES string of the molecule is CCC(C)SCc1noc(C(CN)CC(C)C)n1. The molecule has 1 aromatic rings. The van der Waals surface area contributed by atoms with Crippen molar-refractivity contribution in [2.45, 2.75) is 57.5 Å². The number of nitrogens with two attached hydrogens (primary N) is 1. The zero-order valence-electron chi connectivity index (χ0n) is 11.8. The minimum atomic E-state index is 0.194. The van der Waals surface area contributed by atoms with Crippen LogP contribution in [0.25, 0.3) is 0 Å². The topological polar surface area (TPSA) is 64.9 Å². The van der Waals surface area contributed by atoms with E-state index in [0.717, 1.165) is 24.4 Å². The van der Waals surface area contributed by atoms with Gasteiger partial charge in [-0.2, -0.15) is 16.7 Å². The van der Waals surface area contributed by atoms with Crippen molar-refractivity contribution in [2.75, 3.05) is 6.54 Å². The normalized spacial score (nSPS) is 15.0. The summed E-state index contributed by atoms with van der Waals surface area (Å²) in [4.78, 5) is 4.46. The Bertz CT molecular complexity index is 341. The molecule has 2 atom stereocenters. The van der Waals surface area contributed by atoms with E-state index in [9.17, 15) is 0 Å². The van der Waals surface area contributed by atoms with Crippen molar-refractivity contribution in [3.63, 3.8) is 0 Å². The van der Waals surface area contributed by atoms with Crippen molar-refractivity contribution in [1.29, 1.82) is 0 Å². The van der Waals surface area contributed by atoms with Crippen molar-refractivity contribution < 1.29 is 4.52 Å². The third-order valence-corrected chi connectivity index (χ3v) is 4.27. The van der Waals surface area contributed by atoms with Gasteiger partial charge in [0.1, 0.15) is 0 Å². The number of rotatable bonds is 8. The number of thioether (sulfide) groups is 1. The molecule has 1 heterocycles. The van der Waals surface area contributed by atoms with E-state index >= 15 is 0 Å². The molecule has 104 valence electrons. The zero-order chi connectivity index (χ0) is 13.5. The summed E-state index contributed by atoms with van der Waals surface area (Å²) < 4.78 is 5.33. The first-order valence-corrected chi connectivity index (χ1v) is 7.75. The van der Waals surface area contributed by atoms with Gasteiger partial charge in [-0.25, -0.2) is 0 Å². The van der Waals surface area contributed by atoms with E-state index in [1.807, 2.05) is 11.8 Å². The van der Waals surface area contributed by atoms with Crippen molar-refractivity contribution >= 4 is 11.8 Å². The first kappa shape index (κ1) is 15.5. The Kier molecular flexibility index (Phi) is 6.71. The Morgan fingerprint density at radius 1 is 1.33 bits per heavy atom. The molecule has 0 bridgehead atoms. The maximum Gasteiger partial charge on any atom is 0.231 e. The molecular formula is C13H25N3OS. The number of aromatic nitrogens is 2. The lowest BCUT2D eigenvalue weighted by atomic mass is 9.97. The van der Waals surface area contributed by atoms with Crippen LogP contribution < -0.4 is 5.73 Å². The van der Waals surface area contributed by atoms with Gasteiger partial charge in [-0.05, 0) is 18.8 Å². The van der Waals surface area contributed by atoms with Gasteiger partial charge in [0.15, 0.2) is 5.82 Å². The maximum atomic E-state index is 5.77. The molecule has 0 amide bonds. The third kappa shape index (κ3) is 4.98. The molecule has 2 N–H and O–H groups in total. The predicted octanol–water partition coefficient (Wildman–Crippen LogP) is 3.19. The second kappa shape index (κ2) is 7.79. The van der Waals surface area contributed by atoms with Gasteiger partial charge in [0.05, 0.1) is 11.7 Å². The summed E-state index contributed by atoms with van der Waals surface area (Å²) in [5.74, 6) is 3.09. The summed E-state index contributed by atoms with van der Waals surface area (Å²) in [7, 11) is 0. The predicted molar refractivity (Wildman–Crippen MR) is 76.6 cm³/mol. The number of hydrogen-bond donors (Lipinski definition) is 1. The maximum absolute atomic E-state index is 5.77. The Morgan fingerprint density at radius 3 is 2.61 bits per heavy atom. The van der Waals surface area contributed by atoms with Crippen LogP contribution in [-0.4, -0.2) is 21.9 Å². The average Bonchev–Trinajstić information content (AvgIpc) is 2.81. The average molecular weight is 271 g/mol. The lowest BCUT2D eigenvalue weighted by molar-refractivity contribution is 0.332. The molecule has 0 saturated heterocycles. The number of nitrogens with zero attached hydrogens (tertiary/aromatic N) is 2. The van der Waals surface area contributed by atoms with Crippen molar-refractivity contribution in [2.24, 2.45) is 11.7 Å². The Morgan fingerprint density at radius 2 is 2.06 bits per heavy atom. The molecule has 1 aromatic heterocycles. The molecule has 0 aromatic carbocycles. The molecule has 0 fully saturated rings. The van der Waals surface area contributed by atoms with Crippen LogP contribution in [0.4, 0.5) is 0 Å². The van der Waals surface area contributed by atoms with Crippen molar-refractivity contribution in [3.05, 3.63) is 11.7 Å². The first-order valence-electron chi connectivity index (χ1n) is 6.70. The molecule has 5 heteroatoms. The highest BCUT2D eigenvalue weighted by Crippen LogP contribution is 2.23. The van der Waals surface area contributed by atoms with Gasteiger partial charge in [0.25, 0.3) is 0 Å². The fourth-order valence-electron chi connectivity index (χ4n) is 1.69. The summed E-state index contributed by atoms with van der Waals surface area (Å²) in [6, 6.07) is 0. The molecule has 0 aliphatic carbocycles. The lowest BCUT2D eigenvalue weighted by Crippen LogP contribution is -2.15. The van der Waals surface area contributed by atoms with Crippen molar-refractivity contribution in [1.82, 2.24) is 10.1 Å². The fraction of sp³-hybridized carbons (Fsp3) is 0.846. The monoisotopic (exact) mass is 271 g/mol. The summed E-state index contributed by atoms with van der Waals surface area (Å²) in [6.45, 7) is 9.33. The molecule has 0 radical (unpaired) electrons. The van der Waals surface area contributed by atoms with Gasteiger partial charge in [-0.1, -0.05) is 32.9 Å². The Labute approximate surface area is 114 Å². The molecule has 0 saturated carbocycles. The van der Waals surface area contributed by atoms with Gasteiger partial charge < -0.3 is 10.3 Å².